The molecule has 1 aromatic carbocycles. The average molecular weight is 336 g/mol. The van der Waals surface area contributed by atoms with Crippen molar-refractivity contribution in [1.82, 2.24) is 0 Å². The molecule has 24 heavy (non-hydrogen) atoms. The quantitative estimate of drug-likeness (QED) is 0.676. The van der Waals surface area contributed by atoms with Gasteiger partial charge in [-0.05, 0) is 51.4 Å². The minimum atomic E-state index is -0.791. The lowest BCUT2D eigenvalue weighted by Crippen LogP contribution is -2.41. The summed E-state index contributed by atoms with van der Waals surface area (Å²) in [5.74, 6) is -1.09. The highest BCUT2D eigenvalue weighted by molar-refractivity contribution is 6.55. The van der Waals surface area contributed by atoms with Crippen LogP contribution >= 0.6 is 0 Å². The highest BCUT2D eigenvalue weighted by Crippen LogP contribution is 2.38. The number of halogens is 1. The first-order valence-electron chi connectivity index (χ1n) is 7.66. The van der Waals surface area contributed by atoms with Crippen LogP contribution in [0.25, 0.3) is 6.08 Å². The smallest absolute Gasteiger partial charge is 0.465 e. The van der Waals surface area contributed by atoms with Crippen LogP contribution in [0.2, 0.25) is 0 Å². The van der Waals surface area contributed by atoms with Crippen molar-refractivity contribution in [3.8, 4) is 0 Å². The summed E-state index contributed by atoms with van der Waals surface area (Å²) in [6.07, 6.45) is 1.43. The van der Waals surface area contributed by atoms with Gasteiger partial charge in [-0.15, -0.1) is 0 Å². The fourth-order valence-electron chi connectivity index (χ4n) is 2.28. The lowest BCUT2D eigenvalue weighted by Gasteiger charge is -2.32. The van der Waals surface area contributed by atoms with Crippen molar-refractivity contribution in [2.45, 2.75) is 38.9 Å². The minimum absolute atomic E-state index is 0.150. The Balaban J connectivity index is 2.37. The maximum absolute atomic E-state index is 14.1. The first-order chi connectivity index (χ1) is 11.1. The highest BCUT2D eigenvalue weighted by Gasteiger charge is 2.52. The summed E-state index contributed by atoms with van der Waals surface area (Å²) in [6.45, 7) is 7.19. The van der Waals surface area contributed by atoms with Gasteiger partial charge in [0.2, 0.25) is 0 Å². The Bertz CT molecular complexity index is 653. The Kier molecular flexibility index (Phi) is 5.18. The van der Waals surface area contributed by atoms with Gasteiger partial charge >= 0.3 is 13.1 Å². The predicted octanol–water partition coefficient (Wildman–Crippen LogP) is 2.62. The zero-order valence-corrected chi connectivity index (χ0v) is 14.6. The number of hydrogen-bond donors (Lipinski definition) is 1. The first kappa shape index (κ1) is 18.6. The van der Waals surface area contributed by atoms with Crippen molar-refractivity contribution in [3.63, 3.8) is 0 Å². The maximum atomic E-state index is 14.1. The molecule has 1 heterocycles. The molecule has 1 N–H and O–H groups in total. The van der Waals surface area contributed by atoms with Gasteiger partial charge in [-0.25, -0.2) is 9.18 Å². The molecule has 7 heteroatoms. The Hall–Kier alpha value is -1.70. The van der Waals surface area contributed by atoms with Gasteiger partial charge in [0.25, 0.3) is 0 Å². The van der Waals surface area contributed by atoms with E-state index in [1.165, 1.54) is 31.4 Å². The van der Waals surface area contributed by atoms with Crippen molar-refractivity contribution >= 4 is 19.2 Å². The zero-order valence-electron chi connectivity index (χ0n) is 14.6. The number of benzene rings is 1. The predicted molar refractivity (Wildman–Crippen MR) is 88.9 cm³/mol. The van der Waals surface area contributed by atoms with E-state index in [2.05, 4.69) is 4.74 Å². The second kappa shape index (κ2) is 6.66. The number of ether oxygens (including phenoxy) is 1. The largest absolute Gasteiger partial charge is 0.492 e. The monoisotopic (exact) mass is 336 g/mol. The normalized spacial score (nSPS) is 19.5. The van der Waals surface area contributed by atoms with Crippen LogP contribution in [-0.2, 0) is 14.0 Å². The average Bonchev–Trinajstić information content (AvgIpc) is 2.73. The van der Waals surface area contributed by atoms with E-state index in [1.807, 2.05) is 27.7 Å². The number of rotatable bonds is 4. The molecule has 0 spiro atoms. The topological polar surface area (TPSA) is 65.0 Å². The van der Waals surface area contributed by atoms with Crippen LogP contribution in [0.3, 0.4) is 0 Å². The van der Waals surface area contributed by atoms with Gasteiger partial charge < -0.3 is 19.2 Å². The number of carbonyl (C=O) groups is 1. The van der Waals surface area contributed by atoms with Crippen molar-refractivity contribution < 1.29 is 28.3 Å². The van der Waals surface area contributed by atoms with Gasteiger partial charge in [0.1, 0.15) is 5.82 Å². The van der Waals surface area contributed by atoms with E-state index in [0.29, 0.717) is 5.47 Å². The molecule has 0 unspecified atom stereocenters. The molecule has 0 amide bonds. The molecule has 0 aliphatic carbocycles. The zero-order chi connectivity index (χ0) is 18.1. The second-order valence-electron chi connectivity index (χ2n) is 6.69. The van der Waals surface area contributed by atoms with Crippen LogP contribution in [0.4, 0.5) is 4.39 Å². The summed E-state index contributed by atoms with van der Waals surface area (Å²) in [5, 5.41) is 9.66. The van der Waals surface area contributed by atoms with Crippen molar-refractivity contribution in [1.29, 1.82) is 0 Å². The third-order valence-corrected chi connectivity index (χ3v) is 4.50. The fraction of sp³-hybridized carbons (Fsp3) is 0.471. The van der Waals surface area contributed by atoms with Crippen molar-refractivity contribution in [2.24, 2.45) is 0 Å². The van der Waals surface area contributed by atoms with E-state index in [1.54, 1.807) is 0 Å². The molecular formula is C17H22BFO5. The van der Waals surface area contributed by atoms with E-state index in [-0.39, 0.29) is 17.7 Å². The fourth-order valence-corrected chi connectivity index (χ4v) is 2.28. The third-order valence-electron chi connectivity index (χ3n) is 4.50. The van der Waals surface area contributed by atoms with Crippen molar-refractivity contribution in [3.05, 3.63) is 40.6 Å². The Morgan fingerprint density at radius 1 is 1.29 bits per heavy atom. The summed E-state index contributed by atoms with van der Waals surface area (Å²) in [7, 11) is 0.464. The van der Waals surface area contributed by atoms with Crippen molar-refractivity contribution in [2.75, 3.05) is 13.7 Å². The second-order valence-corrected chi connectivity index (χ2v) is 6.69. The van der Waals surface area contributed by atoms with E-state index in [4.69, 9.17) is 9.31 Å². The van der Waals surface area contributed by atoms with Gasteiger partial charge in [-0.3, -0.25) is 0 Å². The molecule has 1 fully saturated rings. The molecule has 0 bridgehead atoms. The van der Waals surface area contributed by atoms with Crippen LogP contribution in [0.15, 0.2) is 23.7 Å². The van der Waals surface area contributed by atoms with Crippen LogP contribution < -0.4 is 0 Å². The van der Waals surface area contributed by atoms with Crippen LogP contribution in [0.5, 0.6) is 0 Å². The van der Waals surface area contributed by atoms with E-state index in [9.17, 15) is 14.3 Å². The first-order valence-corrected chi connectivity index (χ1v) is 7.66. The molecule has 1 aliphatic heterocycles. The lowest BCUT2D eigenvalue weighted by molar-refractivity contribution is 0.00578. The highest BCUT2D eigenvalue weighted by atomic mass is 19.1. The van der Waals surface area contributed by atoms with E-state index in [0.717, 1.165) is 0 Å². The number of aliphatic hydroxyl groups excluding tert-OH is 1. The number of carbonyl (C=O) groups excluding carboxylic acids is 1. The van der Waals surface area contributed by atoms with Gasteiger partial charge in [0.15, 0.2) is 0 Å². The molecule has 0 saturated carbocycles. The van der Waals surface area contributed by atoms with Gasteiger partial charge in [-0.2, -0.15) is 0 Å². The summed E-state index contributed by atoms with van der Waals surface area (Å²) >= 11 is 0. The lowest BCUT2D eigenvalue weighted by atomic mass is 9.77. The van der Waals surface area contributed by atoms with Gasteiger partial charge in [0, 0.05) is 5.56 Å². The summed E-state index contributed by atoms with van der Waals surface area (Å²) < 4.78 is 30.4. The van der Waals surface area contributed by atoms with Crippen LogP contribution in [-0.4, -0.2) is 43.1 Å². The van der Waals surface area contributed by atoms with Gasteiger partial charge in [-0.1, -0.05) is 6.08 Å². The minimum Gasteiger partial charge on any atom is -0.465 e. The molecule has 1 aromatic rings. The molecule has 1 aliphatic rings. The molecular weight excluding hydrogens is 314 g/mol. The SMILES string of the molecule is COC(=O)c1ccc(F)c(C=C(CO)B2OC(C)(C)C(C)(C)O2)c1. The number of hydrogen-bond acceptors (Lipinski definition) is 5. The van der Waals surface area contributed by atoms with E-state index < -0.39 is 30.1 Å². The Morgan fingerprint density at radius 2 is 1.88 bits per heavy atom. The molecule has 2 rings (SSSR count). The molecule has 0 radical (unpaired) electrons. The summed E-state index contributed by atoms with van der Waals surface area (Å²) in [6, 6.07) is 3.88. The summed E-state index contributed by atoms with van der Waals surface area (Å²) in [4.78, 5) is 11.6. The molecule has 0 aromatic heterocycles. The Labute approximate surface area is 141 Å². The standard InChI is InChI=1S/C17H22BFO5/c1-16(2)17(3,4)24-18(23-16)13(10-20)9-12-8-11(15(21)22-5)6-7-14(12)19/h6-9,20H,10H2,1-5H3. The molecule has 0 atom stereocenters. The van der Waals surface area contributed by atoms with E-state index >= 15 is 0 Å². The summed E-state index contributed by atoms with van der Waals surface area (Å²) in [5.41, 5.74) is -0.404. The number of aliphatic hydroxyl groups is 1. The molecule has 1 saturated heterocycles. The third kappa shape index (κ3) is 3.53. The van der Waals surface area contributed by atoms with Crippen LogP contribution in [0.1, 0.15) is 43.6 Å². The maximum Gasteiger partial charge on any atom is 0.492 e. The number of methoxy groups -OCH3 is 1. The molecule has 5 nitrogen and oxygen atoms in total. The Morgan fingerprint density at radius 3 is 2.38 bits per heavy atom. The molecule has 130 valence electrons. The number of esters is 1. The van der Waals surface area contributed by atoms with Gasteiger partial charge in [0.05, 0.1) is 30.5 Å². The van der Waals surface area contributed by atoms with Crippen LogP contribution in [0, 0.1) is 5.82 Å².